The highest BCUT2D eigenvalue weighted by atomic mass is 35.5. The maximum Gasteiger partial charge on any atom is 0.132 e. The van der Waals surface area contributed by atoms with Crippen molar-refractivity contribution in [3.63, 3.8) is 0 Å². The minimum atomic E-state index is -1.26. The van der Waals surface area contributed by atoms with E-state index in [9.17, 15) is 4.39 Å². The second kappa shape index (κ2) is 9.45. The van der Waals surface area contributed by atoms with E-state index >= 15 is 0 Å². The highest BCUT2D eigenvalue weighted by molar-refractivity contribution is 6.33. The minimum Gasteiger partial charge on any atom is -0.381 e. The summed E-state index contributed by atoms with van der Waals surface area (Å²) in [6.45, 7) is 1.13. The van der Waals surface area contributed by atoms with Crippen LogP contribution >= 0.6 is 11.6 Å². The van der Waals surface area contributed by atoms with Crippen molar-refractivity contribution in [2.45, 2.75) is 56.3 Å². The van der Waals surface area contributed by atoms with Crippen molar-refractivity contribution in [3.05, 3.63) is 35.5 Å². The third-order valence-corrected chi connectivity index (χ3v) is 6.28. The van der Waals surface area contributed by atoms with Crippen LogP contribution in [0, 0.1) is 0 Å². The first-order valence-corrected chi connectivity index (χ1v) is 11.0. The molecule has 4 N–H and O–H groups in total. The van der Waals surface area contributed by atoms with Crippen molar-refractivity contribution in [2.24, 2.45) is 5.73 Å². The molecule has 0 aromatic carbocycles. The molecule has 4 rings (SSSR count). The average molecular weight is 434 g/mol. The Morgan fingerprint density at radius 3 is 2.70 bits per heavy atom. The molecule has 1 saturated carbocycles. The van der Waals surface area contributed by atoms with E-state index in [1.165, 1.54) is 0 Å². The van der Waals surface area contributed by atoms with Gasteiger partial charge in [0.05, 0.1) is 17.3 Å². The quantitative estimate of drug-likeness (QED) is 0.625. The van der Waals surface area contributed by atoms with Crippen LogP contribution in [0.4, 0.5) is 16.0 Å². The Bertz CT molecular complexity index is 853. The van der Waals surface area contributed by atoms with Gasteiger partial charge >= 0.3 is 0 Å². The molecule has 0 unspecified atom stereocenters. The first kappa shape index (κ1) is 21.3. The summed E-state index contributed by atoms with van der Waals surface area (Å²) in [7, 11) is 0. The number of nitrogens with two attached hydrogens (primary N) is 1. The zero-order valence-electron chi connectivity index (χ0n) is 17.0. The van der Waals surface area contributed by atoms with Crippen molar-refractivity contribution in [1.82, 2.24) is 9.97 Å². The molecule has 2 aromatic heterocycles. The second-order valence-electron chi connectivity index (χ2n) is 8.33. The van der Waals surface area contributed by atoms with E-state index in [2.05, 4.69) is 20.6 Å². The van der Waals surface area contributed by atoms with Gasteiger partial charge in [0.2, 0.25) is 0 Å². The fourth-order valence-corrected chi connectivity index (χ4v) is 4.23. The zero-order valence-corrected chi connectivity index (χ0v) is 17.8. The van der Waals surface area contributed by atoms with E-state index in [4.69, 9.17) is 22.1 Å². The molecule has 2 aliphatic rings. The molecule has 3 heterocycles. The predicted molar refractivity (Wildman–Crippen MR) is 119 cm³/mol. The van der Waals surface area contributed by atoms with Crippen LogP contribution in [-0.4, -0.2) is 47.5 Å². The normalized spacial score (nSPS) is 23.7. The van der Waals surface area contributed by atoms with Gasteiger partial charge in [0.15, 0.2) is 0 Å². The van der Waals surface area contributed by atoms with Crippen LogP contribution in [0.1, 0.15) is 38.5 Å². The Morgan fingerprint density at radius 2 is 1.93 bits per heavy atom. The van der Waals surface area contributed by atoms with Crippen LogP contribution < -0.4 is 16.4 Å². The average Bonchev–Trinajstić information content (AvgIpc) is 2.76. The summed E-state index contributed by atoms with van der Waals surface area (Å²) in [6, 6.07) is 8.24. The van der Waals surface area contributed by atoms with Crippen LogP contribution in [0.25, 0.3) is 11.3 Å². The van der Waals surface area contributed by atoms with E-state index in [-0.39, 0.29) is 6.54 Å². The fourth-order valence-electron chi connectivity index (χ4n) is 4.03. The minimum absolute atomic E-state index is 0.216. The first-order valence-electron chi connectivity index (χ1n) is 10.7. The van der Waals surface area contributed by atoms with Crippen LogP contribution in [-0.2, 0) is 4.74 Å². The van der Waals surface area contributed by atoms with Crippen molar-refractivity contribution < 1.29 is 9.13 Å². The third kappa shape index (κ3) is 5.39. The lowest BCUT2D eigenvalue weighted by Crippen LogP contribution is -2.38. The van der Waals surface area contributed by atoms with Gasteiger partial charge in [-0.05, 0) is 43.9 Å². The fraction of sp³-hybridized carbons (Fsp3) is 0.545. The number of nitrogens with one attached hydrogen (secondary N) is 2. The largest absolute Gasteiger partial charge is 0.381 e. The highest BCUT2D eigenvalue weighted by Crippen LogP contribution is 2.31. The molecule has 2 aromatic rings. The summed E-state index contributed by atoms with van der Waals surface area (Å²) in [5.74, 6) is 1.40. The number of aromatic nitrogens is 2. The van der Waals surface area contributed by atoms with Crippen LogP contribution in [0.3, 0.4) is 0 Å². The third-order valence-electron chi connectivity index (χ3n) is 5.98. The summed E-state index contributed by atoms with van der Waals surface area (Å²) in [5, 5.41) is 7.17. The van der Waals surface area contributed by atoms with Crippen molar-refractivity contribution in [1.29, 1.82) is 0 Å². The lowest BCUT2D eigenvalue weighted by Gasteiger charge is -2.29. The van der Waals surface area contributed by atoms with E-state index in [0.717, 1.165) is 42.8 Å². The van der Waals surface area contributed by atoms with Gasteiger partial charge in [-0.3, -0.25) is 0 Å². The summed E-state index contributed by atoms with van der Waals surface area (Å²) in [4.78, 5) is 9.08. The molecule has 0 spiro atoms. The Hall–Kier alpha value is -1.96. The van der Waals surface area contributed by atoms with Crippen LogP contribution in [0.15, 0.2) is 30.5 Å². The Labute approximate surface area is 181 Å². The molecule has 2 fully saturated rings. The van der Waals surface area contributed by atoms with E-state index in [0.29, 0.717) is 49.0 Å². The molecule has 0 bridgehead atoms. The van der Waals surface area contributed by atoms with E-state index < -0.39 is 5.67 Å². The number of alkyl halides is 1. The summed E-state index contributed by atoms with van der Waals surface area (Å²) in [6.07, 6.45) is 6.57. The molecule has 0 amide bonds. The number of rotatable bonds is 6. The van der Waals surface area contributed by atoms with Gasteiger partial charge in [0.25, 0.3) is 0 Å². The number of pyridine rings is 2. The molecule has 162 valence electrons. The van der Waals surface area contributed by atoms with Crippen LogP contribution in [0.5, 0.6) is 0 Å². The molecule has 1 saturated heterocycles. The summed E-state index contributed by atoms with van der Waals surface area (Å²) in [5.41, 5.74) is 6.26. The summed E-state index contributed by atoms with van der Waals surface area (Å²) >= 11 is 6.42. The van der Waals surface area contributed by atoms with Gasteiger partial charge in [-0.2, -0.15) is 0 Å². The highest BCUT2D eigenvalue weighted by Gasteiger charge is 2.32. The van der Waals surface area contributed by atoms with Gasteiger partial charge in [-0.25, -0.2) is 14.4 Å². The molecule has 0 radical (unpaired) electrons. The molecule has 30 heavy (non-hydrogen) atoms. The van der Waals surface area contributed by atoms with Gasteiger partial charge in [-0.1, -0.05) is 17.7 Å². The number of hydrogen-bond acceptors (Lipinski definition) is 6. The second-order valence-corrected chi connectivity index (χ2v) is 8.74. The maximum absolute atomic E-state index is 14.8. The number of anilines is 2. The number of nitrogens with zero attached hydrogens (tertiary/aromatic N) is 2. The monoisotopic (exact) mass is 433 g/mol. The molecule has 1 aliphatic heterocycles. The molecular weight excluding hydrogens is 405 g/mol. The predicted octanol–water partition coefficient (Wildman–Crippen LogP) is 4.41. The zero-order chi connectivity index (χ0) is 21.0. The van der Waals surface area contributed by atoms with Crippen molar-refractivity contribution in [3.8, 4) is 11.3 Å². The SMILES string of the molecule is N[C@H]1CC[C@H](Nc2cc(-c3cccc(NCC4(F)CCOCC4)n3)c(Cl)cn2)CC1. The molecule has 8 heteroatoms. The van der Waals surface area contributed by atoms with Gasteiger partial charge < -0.3 is 21.1 Å². The lowest BCUT2D eigenvalue weighted by molar-refractivity contribution is -0.00119. The van der Waals surface area contributed by atoms with E-state index in [1.54, 1.807) is 6.20 Å². The number of hydrogen-bond donors (Lipinski definition) is 3. The topological polar surface area (TPSA) is 85.1 Å². The number of halogens is 2. The van der Waals surface area contributed by atoms with Gasteiger partial charge in [0.1, 0.15) is 17.3 Å². The smallest absolute Gasteiger partial charge is 0.132 e. The molecular formula is C22H29ClFN5O. The first-order chi connectivity index (χ1) is 14.5. The molecule has 0 atom stereocenters. The lowest BCUT2D eigenvalue weighted by atomic mass is 9.92. The summed E-state index contributed by atoms with van der Waals surface area (Å²) < 4.78 is 20.1. The molecule has 6 nitrogen and oxygen atoms in total. The Balaban J connectivity index is 1.46. The van der Waals surface area contributed by atoms with Gasteiger partial charge in [0, 0.05) is 49.9 Å². The Morgan fingerprint density at radius 1 is 1.17 bits per heavy atom. The maximum atomic E-state index is 14.8. The van der Waals surface area contributed by atoms with Crippen molar-refractivity contribution >= 4 is 23.2 Å². The van der Waals surface area contributed by atoms with E-state index in [1.807, 2.05) is 24.3 Å². The Kier molecular flexibility index (Phi) is 6.71. The molecule has 1 aliphatic carbocycles. The van der Waals surface area contributed by atoms with Gasteiger partial charge in [-0.15, -0.1) is 0 Å². The standard InChI is InChI=1S/C22H29ClFN5O/c23-18-13-26-21(28-16-6-4-15(25)5-7-16)12-17(18)19-2-1-3-20(29-19)27-14-22(24)8-10-30-11-9-22/h1-3,12-13,15-16H,4-11,14,25H2,(H,26,28)(H,27,29)/t15-,16-. The van der Waals surface area contributed by atoms with Crippen molar-refractivity contribution in [2.75, 3.05) is 30.4 Å². The number of ether oxygens (including phenoxy) is 1. The van der Waals surface area contributed by atoms with Crippen LogP contribution in [0.2, 0.25) is 5.02 Å².